The summed E-state index contributed by atoms with van der Waals surface area (Å²) in [5.41, 5.74) is 6.42. The van der Waals surface area contributed by atoms with E-state index >= 15 is 0 Å². The molecule has 0 aromatic heterocycles. The normalized spacial score (nSPS) is 30.5. The first-order valence-electron chi connectivity index (χ1n) is 5.48. The Morgan fingerprint density at radius 1 is 1.23 bits per heavy atom. The Balaban J connectivity index is 2.27. The van der Waals surface area contributed by atoms with Crippen molar-refractivity contribution in [3.8, 4) is 0 Å². The summed E-state index contributed by atoms with van der Waals surface area (Å²) in [6.07, 6.45) is 5.11. The summed E-state index contributed by atoms with van der Waals surface area (Å²) in [7, 11) is 0. The van der Waals surface area contributed by atoms with Gasteiger partial charge in [-0.2, -0.15) is 0 Å². The van der Waals surface area contributed by atoms with E-state index in [-0.39, 0.29) is 0 Å². The standard InChI is InChI=1S/C11H24N2/c1-11(2,3)8-13-10-7-5-4-6-9(10)12/h9-10,13H,4-8,12H2,1-3H3. The van der Waals surface area contributed by atoms with Crippen LogP contribution in [0.3, 0.4) is 0 Å². The predicted molar refractivity (Wildman–Crippen MR) is 57.7 cm³/mol. The monoisotopic (exact) mass is 184 g/mol. The molecule has 0 heterocycles. The van der Waals surface area contributed by atoms with Crippen LogP contribution >= 0.6 is 0 Å². The van der Waals surface area contributed by atoms with Crippen LogP contribution in [0.25, 0.3) is 0 Å². The lowest BCUT2D eigenvalue weighted by Gasteiger charge is -2.32. The second-order valence-electron chi connectivity index (χ2n) is 5.50. The smallest absolute Gasteiger partial charge is 0.0219 e. The van der Waals surface area contributed by atoms with Gasteiger partial charge in [0.15, 0.2) is 0 Å². The van der Waals surface area contributed by atoms with E-state index in [4.69, 9.17) is 5.73 Å². The zero-order chi connectivity index (χ0) is 9.90. The maximum Gasteiger partial charge on any atom is 0.0219 e. The maximum atomic E-state index is 6.05. The van der Waals surface area contributed by atoms with E-state index in [0.29, 0.717) is 17.5 Å². The Kier molecular flexibility index (Phi) is 3.74. The molecule has 2 nitrogen and oxygen atoms in total. The first-order valence-corrected chi connectivity index (χ1v) is 5.48. The van der Waals surface area contributed by atoms with Gasteiger partial charge < -0.3 is 11.1 Å². The first-order chi connectivity index (χ1) is 5.99. The average molecular weight is 184 g/mol. The third-order valence-electron chi connectivity index (χ3n) is 2.71. The van der Waals surface area contributed by atoms with Gasteiger partial charge in [-0.05, 0) is 18.3 Å². The molecule has 2 unspecified atom stereocenters. The van der Waals surface area contributed by atoms with E-state index in [9.17, 15) is 0 Å². The molecule has 0 aromatic carbocycles. The molecule has 0 radical (unpaired) electrons. The average Bonchev–Trinajstić information content (AvgIpc) is 2.01. The molecule has 0 spiro atoms. The van der Waals surface area contributed by atoms with Crippen LogP contribution in [0.15, 0.2) is 0 Å². The molecule has 2 heteroatoms. The fraction of sp³-hybridized carbons (Fsp3) is 1.00. The Morgan fingerprint density at radius 3 is 2.38 bits per heavy atom. The van der Waals surface area contributed by atoms with Crippen molar-refractivity contribution in [3.05, 3.63) is 0 Å². The molecule has 1 fully saturated rings. The van der Waals surface area contributed by atoms with E-state index in [0.717, 1.165) is 6.54 Å². The van der Waals surface area contributed by atoms with E-state index in [1.165, 1.54) is 25.7 Å². The van der Waals surface area contributed by atoms with Gasteiger partial charge in [0, 0.05) is 18.6 Å². The molecule has 3 N–H and O–H groups in total. The molecule has 2 atom stereocenters. The summed E-state index contributed by atoms with van der Waals surface area (Å²) in [6.45, 7) is 7.85. The van der Waals surface area contributed by atoms with Crippen LogP contribution in [0.1, 0.15) is 46.5 Å². The highest BCUT2D eigenvalue weighted by atomic mass is 15.0. The molecular weight excluding hydrogens is 160 g/mol. The van der Waals surface area contributed by atoms with Crippen LogP contribution in [-0.4, -0.2) is 18.6 Å². The van der Waals surface area contributed by atoms with Crippen molar-refractivity contribution >= 4 is 0 Å². The molecule has 0 aliphatic heterocycles. The Hall–Kier alpha value is -0.0800. The Bertz CT molecular complexity index is 149. The largest absolute Gasteiger partial charge is 0.326 e. The second kappa shape index (κ2) is 4.43. The summed E-state index contributed by atoms with van der Waals surface area (Å²) in [5.74, 6) is 0. The van der Waals surface area contributed by atoms with E-state index in [2.05, 4.69) is 26.1 Å². The van der Waals surface area contributed by atoms with Crippen LogP contribution < -0.4 is 11.1 Å². The predicted octanol–water partition coefficient (Wildman–Crippen LogP) is 1.89. The molecule has 1 aliphatic carbocycles. The first kappa shape index (κ1) is 11.0. The lowest BCUT2D eigenvalue weighted by molar-refractivity contribution is 0.282. The van der Waals surface area contributed by atoms with Crippen molar-refractivity contribution in [3.63, 3.8) is 0 Å². The molecule has 0 aromatic rings. The third-order valence-corrected chi connectivity index (χ3v) is 2.71. The van der Waals surface area contributed by atoms with Gasteiger partial charge in [-0.15, -0.1) is 0 Å². The van der Waals surface area contributed by atoms with Crippen LogP contribution in [0.4, 0.5) is 0 Å². The van der Waals surface area contributed by atoms with Crippen molar-refractivity contribution in [1.29, 1.82) is 0 Å². The number of hydrogen-bond acceptors (Lipinski definition) is 2. The van der Waals surface area contributed by atoms with E-state index < -0.39 is 0 Å². The van der Waals surface area contributed by atoms with E-state index in [1.54, 1.807) is 0 Å². The minimum Gasteiger partial charge on any atom is -0.326 e. The minimum atomic E-state index is 0.372. The molecule has 0 bridgehead atoms. The van der Waals surface area contributed by atoms with Gasteiger partial charge in [0.05, 0.1) is 0 Å². The number of nitrogens with one attached hydrogen (secondary N) is 1. The van der Waals surface area contributed by atoms with Crippen LogP contribution in [0.2, 0.25) is 0 Å². The highest BCUT2D eigenvalue weighted by molar-refractivity contribution is 4.84. The molecule has 0 amide bonds. The highest BCUT2D eigenvalue weighted by Gasteiger charge is 2.22. The molecule has 0 saturated heterocycles. The molecule has 1 rings (SSSR count). The summed E-state index contributed by atoms with van der Waals surface area (Å²) < 4.78 is 0. The van der Waals surface area contributed by atoms with Crippen molar-refractivity contribution in [2.75, 3.05) is 6.54 Å². The Labute approximate surface area is 82.3 Å². The minimum absolute atomic E-state index is 0.372. The summed E-state index contributed by atoms with van der Waals surface area (Å²) in [6, 6.07) is 0.948. The summed E-state index contributed by atoms with van der Waals surface area (Å²) >= 11 is 0. The number of nitrogens with two attached hydrogens (primary N) is 1. The van der Waals surface area contributed by atoms with Crippen molar-refractivity contribution < 1.29 is 0 Å². The van der Waals surface area contributed by atoms with Crippen LogP contribution in [-0.2, 0) is 0 Å². The van der Waals surface area contributed by atoms with Gasteiger partial charge in [0.2, 0.25) is 0 Å². The van der Waals surface area contributed by atoms with Gasteiger partial charge in [0.1, 0.15) is 0 Å². The fourth-order valence-electron chi connectivity index (χ4n) is 1.85. The number of rotatable bonds is 2. The number of hydrogen-bond donors (Lipinski definition) is 2. The van der Waals surface area contributed by atoms with Gasteiger partial charge in [-0.25, -0.2) is 0 Å². The Morgan fingerprint density at radius 2 is 1.85 bits per heavy atom. The molecular formula is C11H24N2. The van der Waals surface area contributed by atoms with Crippen LogP contribution in [0.5, 0.6) is 0 Å². The zero-order valence-corrected chi connectivity index (χ0v) is 9.27. The summed E-state index contributed by atoms with van der Waals surface area (Å²) in [5, 5.41) is 3.59. The van der Waals surface area contributed by atoms with Gasteiger partial charge in [0.25, 0.3) is 0 Å². The van der Waals surface area contributed by atoms with Gasteiger partial charge in [-0.3, -0.25) is 0 Å². The van der Waals surface area contributed by atoms with Crippen molar-refractivity contribution in [2.45, 2.75) is 58.5 Å². The highest BCUT2D eigenvalue weighted by Crippen LogP contribution is 2.18. The molecule has 78 valence electrons. The molecule has 1 saturated carbocycles. The van der Waals surface area contributed by atoms with Crippen molar-refractivity contribution in [1.82, 2.24) is 5.32 Å². The van der Waals surface area contributed by atoms with Crippen molar-refractivity contribution in [2.24, 2.45) is 11.1 Å². The fourth-order valence-corrected chi connectivity index (χ4v) is 1.85. The SMILES string of the molecule is CC(C)(C)CNC1CCCCC1N. The zero-order valence-electron chi connectivity index (χ0n) is 9.27. The lowest BCUT2D eigenvalue weighted by atomic mass is 9.89. The lowest BCUT2D eigenvalue weighted by Crippen LogP contribution is -2.49. The third kappa shape index (κ3) is 4.10. The summed E-state index contributed by atoms with van der Waals surface area (Å²) in [4.78, 5) is 0. The molecule has 13 heavy (non-hydrogen) atoms. The van der Waals surface area contributed by atoms with Crippen LogP contribution in [0, 0.1) is 5.41 Å². The maximum absolute atomic E-state index is 6.05. The topological polar surface area (TPSA) is 38.0 Å². The van der Waals surface area contributed by atoms with Gasteiger partial charge in [-0.1, -0.05) is 33.6 Å². The van der Waals surface area contributed by atoms with Gasteiger partial charge >= 0.3 is 0 Å². The second-order valence-corrected chi connectivity index (χ2v) is 5.50. The van der Waals surface area contributed by atoms with E-state index in [1.807, 2.05) is 0 Å². The molecule has 1 aliphatic rings. The quantitative estimate of drug-likeness (QED) is 0.688.